The molecule has 5 heteroatoms. The number of rotatable bonds is 8. The van der Waals surface area contributed by atoms with Crippen molar-refractivity contribution in [3.05, 3.63) is 59.9 Å². The van der Waals surface area contributed by atoms with Crippen LogP contribution in [0.5, 0.6) is 0 Å². The molecule has 0 bridgehead atoms. The van der Waals surface area contributed by atoms with E-state index >= 15 is 0 Å². The van der Waals surface area contributed by atoms with E-state index in [1.165, 1.54) is 16.8 Å². The summed E-state index contributed by atoms with van der Waals surface area (Å²) in [7, 11) is 4.15. The number of nitrogens with zero attached hydrogens (tertiary/aromatic N) is 2. The summed E-state index contributed by atoms with van der Waals surface area (Å²) in [4.78, 5) is 6.37. The van der Waals surface area contributed by atoms with Crippen LogP contribution >= 0.6 is 0 Å². The molecule has 0 spiro atoms. The maximum absolute atomic E-state index is 4.23. The number of pyridine rings is 1. The molecule has 2 heterocycles. The van der Waals surface area contributed by atoms with Crippen molar-refractivity contribution >= 4 is 5.69 Å². The van der Waals surface area contributed by atoms with Crippen LogP contribution in [0.25, 0.3) is 0 Å². The van der Waals surface area contributed by atoms with Crippen LogP contribution in [-0.4, -0.2) is 38.7 Å². The first-order chi connectivity index (χ1) is 12.2. The highest BCUT2D eigenvalue weighted by Gasteiger charge is 2.27. The van der Waals surface area contributed by atoms with E-state index in [-0.39, 0.29) is 0 Å². The highest BCUT2D eigenvalue weighted by molar-refractivity contribution is 5.45. The summed E-state index contributed by atoms with van der Waals surface area (Å²) in [5.74, 6) is 0.545. The van der Waals surface area contributed by atoms with Crippen LogP contribution in [0.3, 0.4) is 0 Å². The Morgan fingerprint density at radius 1 is 1.20 bits per heavy atom. The SMILES string of the molecule is CN(C)c1ccc(CCCNCC2CNNC2c2cccnc2)cc1. The van der Waals surface area contributed by atoms with Crippen molar-refractivity contribution in [2.45, 2.75) is 18.9 Å². The highest BCUT2D eigenvalue weighted by Crippen LogP contribution is 2.23. The van der Waals surface area contributed by atoms with Crippen molar-refractivity contribution in [2.75, 3.05) is 38.6 Å². The highest BCUT2D eigenvalue weighted by atomic mass is 15.4. The summed E-state index contributed by atoms with van der Waals surface area (Å²) < 4.78 is 0. The minimum Gasteiger partial charge on any atom is -0.378 e. The predicted octanol–water partition coefficient (Wildman–Crippen LogP) is 2.14. The van der Waals surface area contributed by atoms with Gasteiger partial charge in [-0.1, -0.05) is 18.2 Å². The lowest BCUT2D eigenvalue weighted by atomic mass is 9.96. The molecule has 1 saturated heterocycles. The Hall–Kier alpha value is -1.95. The standard InChI is InChI=1S/C20H29N5/c1-25(2)19-9-7-16(8-10-19)5-3-11-22-14-18-15-23-24-20(18)17-6-4-12-21-13-17/h4,6-10,12-13,18,20,22-24H,3,5,11,14-15H2,1-2H3. The maximum atomic E-state index is 4.23. The van der Waals surface area contributed by atoms with Gasteiger partial charge in [-0.05, 0) is 48.7 Å². The van der Waals surface area contributed by atoms with E-state index in [4.69, 9.17) is 0 Å². The van der Waals surface area contributed by atoms with Crippen LogP contribution in [-0.2, 0) is 6.42 Å². The lowest BCUT2D eigenvalue weighted by molar-refractivity contribution is 0.439. The number of benzene rings is 1. The van der Waals surface area contributed by atoms with Crippen LogP contribution in [0.4, 0.5) is 5.69 Å². The zero-order valence-electron chi connectivity index (χ0n) is 15.2. The molecule has 1 aliphatic rings. The molecule has 2 atom stereocenters. The third kappa shape index (κ3) is 5.01. The van der Waals surface area contributed by atoms with Gasteiger partial charge in [0.15, 0.2) is 0 Å². The quantitative estimate of drug-likeness (QED) is 0.644. The molecule has 0 amide bonds. The van der Waals surface area contributed by atoms with Crippen LogP contribution in [0.1, 0.15) is 23.6 Å². The topological polar surface area (TPSA) is 52.2 Å². The Balaban J connectivity index is 1.38. The van der Waals surface area contributed by atoms with Gasteiger partial charge in [0, 0.05) is 51.2 Å². The third-order valence-electron chi connectivity index (χ3n) is 4.82. The van der Waals surface area contributed by atoms with E-state index in [0.29, 0.717) is 12.0 Å². The number of aromatic nitrogens is 1. The zero-order chi connectivity index (χ0) is 17.5. The van der Waals surface area contributed by atoms with E-state index in [1.54, 1.807) is 0 Å². The van der Waals surface area contributed by atoms with Gasteiger partial charge in [-0.25, -0.2) is 5.43 Å². The second-order valence-corrected chi connectivity index (χ2v) is 6.92. The van der Waals surface area contributed by atoms with E-state index in [2.05, 4.69) is 70.5 Å². The Morgan fingerprint density at radius 2 is 2.04 bits per heavy atom. The van der Waals surface area contributed by atoms with E-state index in [9.17, 15) is 0 Å². The van der Waals surface area contributed by atoms with Gasteiger partial charge in [0.1, 0.15) is 0 Å². The van der Waals surface area contributed by atoms with E-state index in [0.717, 1.165) is 32.5 Å². The summed E-state index contributed by atoms with van der Waals surface area (Å²) in [6.07, 6.45) is 6.06. The molecule has 3 rings (SSSR count). The summed E-state index contributed by atoms with van der Waals surface area (Å²) in [6.45, 7) is 3.05. The van der Waals surface area contributed by atoms with Gasteiger partial charge >= 0.3 is 0 Å². The molecule has 2 aromatic rings. The Labute approximate surface area is 150 Å². The van der Waals surface area contributed by atoms with Crippen LogP contribution in [0.2, 0.25) is 0 Å². The van der Waals surface area contributed by atoms with Crippen molar-refractivity contribution in [1.82, 2.24) is 21.2 Å². The monoisotopic (exact) mass is 339 g/mol. The molecule has 0 saturated carbocycles. The first-order valence-corrected chi connectivity index (χ1v) is 9.09. The minimum absolute atomic E-state index is 0.333. The smallest absolute Gasteiger partial charge is 0.0530 e. The van der Waals surface area contributed by atoms with Crippen molar-refractivity contribution in [2.24, 2.45) is 5.92 Å². The average molecular weight is 339 g/mol. The third-order valence-corrected chi connectivity index (χ3v) is 4.82. The molecule has 134 valence electrons. The molecule has 1 aromatic carbocycles. The number of hydrogen-bond donors (Lipinski definition) is 3. The molecule has 1 aromatic heterocycles. The molecule has 1 aliphatic heterocycles. The molecular formula is C20H29N5. The Kier molecular flexibility index (Phi) is 6.39. The largest absolute Gasteiger partial charge is 0.378 e. The first kappa shape index (κ1) is 17.9. The van der Waals surface area contributed by atoms with E-state index in [1.807, 2.05) is 18.5 Å². The first-order valence-electron chi connectivity index (χ1n) is 9.09. The van der Waals surface area contributed by atoms with Gasteiger partial charge in [-0.15, -0.1) is 0 Å². The van der Waals surface area contributed by atoms with Crippen LogP contribution < -0.4 is 21.1 Å². The molecule has 0 aliphatic carbocycles. The van der Waals surface area contributed by atoms with Gasteiger partial charge in [-0.3, -0.25) is 10.4 Å². The number of hydrazine groups is 1. The predicted molar refractivity (Wildman–Crippen MR) is 104 cm³/mol. The van der Waals surface area contributed by atoms with Gasteiger partial charge in [-0.2, -0.15) is 0 Å². The molecular weight excluding hydrogens is 310 g/mol. The molecule has 1 fully saturated rings. The zero-order valence-corrected chi connectivity index (χ0v) is 15.2. The maximum Gasteiger partial charge on any atom is 0.0530 e. The van der Waals surface area contributed by atoms with E-state index < -0.39 is 0 Å². The van der Waals surface area contributed by atoms with Gasteiger partial charge in [0.25, 0.3) is 0 Å². The Morgan fingerprint density at radius 3 is 2.76 bits per heavy atom. The number of anilines is 1. The normalized spacial score (nSPS) is 19.9. The fourth-order valence-corrected chi connectivity index (χ4v) is 3.31. The van der Waals surface area contributed by atoms with Crippen molar-refractivity contribution in [1.29, 1.82) is 0 Å². The van der Waals surface area contributed by atoms with Crippen molar-refractivity contribution < 1.29 is 0 Å². The second kappa shape index (κ2) is 8.94. The molecule has 25 heavy (non-hydrogen) atoms. The molecule has 5 nitrogen and oxygen atoms in total. The lowest BCUT2D eigenvalue weighted by Crippen LogP contribution is -2.29. The Bertz CT molecular complexity index is 626. The molecule has 3 N–H and O–H groups in total. The minimum atomic E-state index is 0.333. The molecule has 2 unspecified atom stereocenters. The van der Waals surface area contributed by atoms with Crippen LogP contribution in [0.15, 0.2) is 48.8 Å². The number of aryl methyl sites for hydroxylation is 1. The average Bonchev–Trinajstić information content (AvgIpc) is 3.11. The summed E-state index contributed by atoms with van der Waals surface area (Å²) >= 11 is 0. The fraction of sp³-hybridized carbons (Fsp3) is 0.450. The van der Waals surface area contributed by atoms with Crippen molar-refractivity contribution in [3.8, 4) is 0 Å². The van der Waals surface area contributed by atoms with Crippen molar-refractivity contribution in [3.63, 3.8) is 0 Å². The lowest BCUT2D eigenvalue weighted by Gasteiger charge is -2.19. The van der Waals surface area contributed by atoms with Gasteiger partial charge < -0.3 is 10.2 Å². The summed E-state index contributed by atoms with van der Waals surface area (Å²) in [5, 5.41) is 3.62. The van der Waals surface area contributed by atoms with Gasteiger partial charge in [0.2, 0.25) is 0 Å². The number of hydrogen-bond acceptors (Lipinski definition) is 5. The second-order valence-electron chi connectivity index (χ2n) is 6.92. The summed E-state index contributed by atoms with van der Waals surface area (Å²) in [6, 6.07) is 13.3. The fourth-order valence-electron chi connectivity index (χ4n) is 3.31. The van der Waals surface area contributed by atoms with Gasteiger partial charge in [0.05, 0.1) is 6.04 Å². The number of nitrogens with one attached hydrogen (secondary N) is 3. The molecule has 0 radical (unpaired) electrons. The van der Waals surface area contributed by atoms with Crippen LogP contribution in [0, 0.1) is 5.92 Å². The summed E-state index contributed by atoms with van der Waals surface area (Å²) in [5.41, 5.74) is 10.6.